The van der Waals surface area contributed by atoms with E-state index in [0.29, 0.717) is 0 Å². The first kappa shape index (κ1) is 18.2. The van der Waals surface area contributed by atoms with E-state index in [2.05, 4.69) is 5.32 Å². The van der Waals surface area contributed by atoms with Crippen LogP contribution in [0.2, 0.25) is 0 Å². The van der Waals surface area contributed by atoms with Crippen LogP contribution in [-0.2, 0) is 10.0 Å². The molecule has 0 saturated carbocycles. The number of hydrogen-bond acceptors (Lipinski definition) is 6. The van der Waals surface area contributed by atoms with Crippen molar-refractivity contribution in [3.8, 4) is 5.75 Å². The maximum atomic E-state index is 12.1. The number of nitrogens with one attached hydrogen (secondary N) is 2. The molecule has 25 heavy (non-hydrogen) atoms. The van der Waals surface area contributed by atoms with Crippen LogP contribution < -0.4 is 14.8 Å². The number of nitro groups is 1. The summed E-state index contributed by atoms with van der Waals surface area (Å²) in [7, 11) is -2.76. The Labute approximate surface area is 143 Å². The van der Waals surface area contributed by atoms with Crippen LogP contribution in [0.25, 0.3) is 0 Å². The van der Waals surface area contributed by atoms with E-state index in [-0.39, 0.29) is 16.3 Å². The fourth-order valence-electron chi connectivity index (χ4n) is 1.94. The molecule has 0 spiro atoms. The third kappa shape index (κ3) is 4.44. The number of urea groups is 1. The van der Waals surface area contributed by atoms with Crippen molar-refractivity contribution in [1.29, 1.82) is 0 Å². The van der Waals surface area contributed by atoms with E-state index < -0.39 is 26.7 Å². The Morgan fingerprint density at radius 2 is 1.80 bits per heavy atom. The number of sulfonamides is 1. The number of methoxy groups -OCH3 is 1. The van der Waals surface area contributed by atoms with Gasteiger partial charge in [-0.15, -0.1) is 0 Å². The number of hydrogen-bond donors (Lipinski definition) is 2. The lowest BCUT2D eigenvalue weighted by molar-refractivity contribution is -0.384. The van der Waals surface area contributed by atoms with Crippen molar-refractivity contribution >= 4 is 27.4 Å². The molecule has 9 nitrogen and oxygen atoms in total. The highest BCUT2D eigenvalue weighted by atomic mass is 32.2. The number of carbonyl (C=O) groups excluding carboxylic acids is 1. The minimum absolute atomic E-state index is 0.0996. The molecule has 0 unspecified atom stereocenters. The standard InChI is InChI=1S/C15H15N3O6S/c1-10-3-6-12(7-4-10)25(22,23)17-15(19)16-13-8-5-11(24-2)9-14(13)18(20)21/h3-9H,1-2H3,(H2,16,17,19). The third-order valence-electron chi connectivity index (χ3n) is 3.21. The molecule has 2 N–H and O–H groups in total. The number of amides is 2. The van der Waals surface area contributed by atoms with Crippen molar-refractivity contribution in [1.82, 2.24) is 4.72 Å². The van der Waals surface area contributed by atoms with E-state index in [0.717, 1.165) is 11.6 Å². The van der Waals surface area contributed by atoms with Gasteiger partial charge in [0.15, 0.2) is 0 Å². The highest BCUT2D eigenvalue weighted by Crippen LogP contribution is 2.28. The topological polar surface area (TPSA) is 128 Å². The number of benzene rings is 2. The molecule has 0 fully saturated rings. The van der Waals surface area contributed by atoms with Gasteiger partial charge in [0.2, 0.25) is 0 Å². The number of aryl methyl sites for hydroxylation is 1. The first-order valence-corrected chi connectivity index (χ1v) is 8.44. The van der Waals surface area contributed by atoms with Gasteiger partial charge >= 0.3 is 6.03 Å². The zero-order valence-electron chi connectivity index (χ0n) is 13.3. The molecule has 2 rings (SSSR count). The Hall–Kier alpha value is -3.14. The number of ether oxygens (including phenoxy) is 1. The van der Waals surface area contributed by atoms with Gasteiger partial charge in [0, 0.05) is 0 Å². The Kier molecular flexibility index (Phi) is 5.22. The van der Waals surface area contributed by atoms with E-state index >= 15 is 0 Å². The molecule has 0 aliphatic heterocycles. The van der Waals surface area contributed by atoms with Gasteiger partial charge in [0.05, 0.1) is 23.0 Å². The van der Waals surface area contributed by atoms with E-state index in [9.17, 15) is 23.3 Å². The third-order valence-corrected chi connectivity index (χ3v) is 4.56. The molecule has 0 bridgehead atoms. The maximum absolute atomic E-state index is 12.1. The molecule has 0 saturated heterocycles. The normalized spacial score (nSPS) is 10.8. The fraction of sp³-hybridized carbons (Fsp3) is 0.133. The van der Waals surface area contributed by atoms with Crippen molar-refractivity contribution in [3.05, 3.63) is 58.1 Å². The largest absolute Gasteiger partial charge is 0.496 e. The predicted molar refractivity (Wildman–Crippen MR) is 90.2 cm³/mol. The average molecular weight is 365 g/mol. The molecular weight excluding hydrogens is 350 g/mol. The minimum Gasteiger partial charge on any atom is -0.496 e. The summed E-state index contributed by atoms with van der Waals surface area (Å²) >= 11 is 0. The number of nitrogens with zero attached hydrogens (tertiary/aromatic N) is 1. The monoisotopic (exact) mass is 365 g/mol. The smallest absolute Gasteiger partial charge is 0.333 e. The summed E-state index contributed by atoms with van der Waals surface area (Å²) in [4.78, 5) is 22.2. The molecule has 2 aromatic carbocycles. The zero-order valence-corrected chi connectivity index (χ0v) is 14.2. The van der Waals surface area contributed by atoms with Gasteiger partial charge in [0.1, 0.15) is 11.4 Å². The van der Waals surface area contributed by atoms with Gasteiger partial charge < -0.3 is 10.1 Å². The number of nitro benzene ring substituents is 1. The van der Waals surface area contributed by atoms with Gasteiger partial charge in [-0.25, -0.2) is 17.9 Å². The minimum atomic E-state index is -4.10. The number of rotatable bonds is 5. The fourth-order valence-corrected chi connectivity index (χ4v) is 2.85. The maximum Gasteiger partial charge on any atom is 0.333 e. The molecule has 0 heterocycles. The van der Waals surface area contributed by atoms with Gasteiger partial charge in [-0.3, -0.25) is 10.1 Å². The lowest BCUT2D eigenvalue weighted by Crippen LogP contribution is -2.34. The summed E-state index contributed by atoms with van der Waals surface area (Å²) in [6.45, 7) is 1.79. The van der Waals surface area contributed by atoms with Crippen LogP contribution in [0, 0.1) is 17.0 Å². The van der Waals surface area contributed by atoms with Crippen LogP contribution in [0.15, 0.2) is 47.4 Å². The molecule has 0 aliphatic carbocycles. The summed E-state index contributed by atoms with van der Waals surface area (Å²) in [5.41, 5.74) is 0.266. The first-order valence-electron chi connectivity index (χ1n) is 6.96. The molecule has 0 atom stereocenters. The predicted octanol–water partition coefficient (Wildman–Crippen LogP) is 2.42. The molecule has 10 heteroatoms. The van der Waals surface area contributed by atoms with Crippen molar-refractivity contribution in [2.45, 2.75) is 11.8 Å². The number of carbonyl (C=O) groups is 1. The lowest BCUT2D eigenvalue weighted by Gasteiger charge is -2.10. The van der Waals surface area contributed by atoms with Crippen molar-refractivity contribution in [3.63, 3.8) is 0 Å². The lowest BCUT2D eigenvalue weighted by atomic mass is 10.2. The second kappa shape index (κ2) is 7.18. The molecule has 2 amide bonds. The summed E-state index contributed by atoms with van der Waals surface area (Å²) in [6.07, 6.45) is 0. The zero-order chi connectivity index (χ0) is 18.6. The van der Waals surface area contributed by atoms with Gasteiger partial charge in [0.25, 0.3) is 15.7 Å². The van der Waals surface area contributed by atoms with Crippen LogP contribution in [-0.4, -0.2) is 26.5 Å². The van der Waals surface area contributed by atoms with E-state index in [1.807, 2.05) is 0 Å². The van der Waals surface area contributed by atoms with Crippen molar-refractivity contribution < 1.29 is 22.9 Å². The summed E-state index contributed by atoms with van der Waals surface area (Å²) < 4.78 is 31.0. The Morgan fingerprint density at radius 1 is 1.16 bits per heavy atom. The van der Waals surface area contributed by atoms with Crippen LogP contribution >= 0.6 is 0 Å². The molecule has 0 aliphatic rings. The van der Waals surface area contributed by atoms with Crippen LogP contribution in [0.1, 0.15) is 5.56 Å². The molecule has 0 radical (unpaired) electrons. The van der Waals surface area contributed by atoms with Crippen LogP contribution in [0.3, 0.4) is 0 Å². The summed E-state index contributed by atoms with van der Waals surface area (Å²) in [6, 6.07) is 8.51. The highest BCUT2D eigenvalue weighted by molar-refractivity contribution is 7.90. The van der Waals surface area contributed by atoms with Crippen LogP contribution in [0.4, 0.5) is 16.2 Å². The molecular formula is C15H15N3O6S. The molecule has 132 valence electrons. The quantitative estimate of drug-likeness (QED) is 0.619. The van der Waals surface area contributed by atoms with Gasteiger partial charge in [-0.05, 0) is 31.2 Å². The van der Waals surface area contributed by atoms with E-state index in [1.54, 1.807) is 23.8 Å². The van der Waals surface area contributed by atoms with E-state index in [4.69, 9.17) is 4.74 Å². The molecule has 0 aromatic heterocycles. The van der Waals surface area contributed by atoms with Gasteiger partial charge in [-0.2, -0.15) is 0 Å². The van der Waals surface area contributed by atoms with Crippen LogP contribution in [0.5, 0.6) is 5.75 Å². The van der Waals surface area contributed by atoms with Gasteiger partial charge in [-0.1, -0.05) is 17.7 Å². The van der Waals surface area contributed by atoms with Crippen molar-refractivity contribution in [2.24, 2.45) is 0 Å². The van der Waals surface area contributed by atoms with E-state index in [1.165, 1.54) is 31.4 Å². The summed E-state index contributed by atoms with van der Waals surface area (Å²) in [5.74, 6) is 0.227. The Bertz CT molecular complexity index is 909. The SMILES string of the molecule is COc1ccc(NC(=O)NS(=O)(=O)c2ccc(C)cc2)c([N+](=O)[O-])c1. The van der Waals surface area contributed by atoms with Crippen molar-refractivity contribution in [2.75, 3.05) is 12.4 Å². The second-order valence-corrected chi connectivity index (χ2v) is 6.70. The Morgan fingerprint density at radius 3 is 2.36 bits per heavy atom. The average Bonchev–Trinajstić information content (AvgIpc) is 2.54. The first-order chi connectivity index (χ1) is 11.7. The second-order valence-electron chi connectivity index (χ2n) is 5.01. The summed E-state index contributed by atoms with van der Waals surface area (Å²) in [5, 5.41) is 13.2. The highest BCUT2D eigenvalue weighted by Gasteiger charge is 2.21. The number of anilines is 1. The molecule has 2 aromatic rings. The Balaban J connectivity index is 2.20.